The van der Waals surface area contributed by atoms with Crippen LogP contribution in [0.1, 0.15) is 29.2 Å². The van der Waals surface area contributed by atoms with Crippen LogP contribution in [0.4, 0.5) is 0 Å². The van der Waals surface area contributed by atoms with Crippen molar-refractivity contribution < 1.29 is 19.1 Å². The lowest BCUT2D eigenvalue weighted by atomic mass is 10.3. The molecule has 5 nitrogen and oxygen atoms in total. The predicted octanol–water partition coefficient (Wildman–Crippen LogP) is -0.152. The monoisotopic (exact) mass is 210 g/mol. The highest BCUT2D eigenvalue weighted by Crippen LogP contribution is 2.05. The zero-order valence-electron chi connectivity index (χ0n) is 8.41. The summed E-state index contributed by atoms with van der Waals surface area (Å²) in [5.41, 5.74) is 0. The molecule has 0 saturated heterocycles. The maximum Gasteiger partial charge on any atom is 0.286 e. The molecule has 1 amide bonds. The zero-order valence-corrected chi connectivity index (χ0v) is 8.41. The number of nitrogens with one attached hydrogen (secondary N) is 1. The molecule has 0 atom stereocenters. The Labute approximate surface area is 87.1 Å². The van der Waals surface area contributed by atoms with E-state index in [9.17, 15) is 14.7 Å². The van der Waals surface area contributed by atoms with Gasteiger partial charge in [-0.25, -0.2) is 0 Å². The van der Waals surface area contributed by atoms with E-state index in [1.807, 2.05) is 0 Å². The Kier molecular flexibility index (Phi) is 3.91. The molecule has 1 heterocycles. The minimum absolute atomic E-state index is 0.0581. The first-order valence-electron chi connectivity index (χ1n) is 4.64. The zero-order chi connectivity index (χ0) is 11.3. The maximum atomic E-state index is 11.3. The van der Waals surface area contributed by atoms with Gasteiger partial charge in [0, 0.05) is 12.5 Å². The van der Waals surface area contributed by atoms with Gasteiger partial charge in [0.05, 0.1) is 0 Å². The summed E-state index contributed by atoms with van der Waals surface area (Å²) in [6.07, 6.45) is 0.297. The van der Waals surface area contributed by atoms with Crippen molar-refractivity contribution in [3.05, 3.63) is 23.7 Å². The number of hydrogen-bond acceptors (Lipinski definition) is 4. The van der Waals surface area contributed by atoms with Crippen LogP contribution in [0.25, 0.3) is 0 Å². The predicted molar refractivity (Wildman–Crippen MR) is 50.0 cm³/mol. The number of furan rings is 1. The lowest BCUT2D eigenvalue weighted by Crippen LogP contribution is -2.27. The van der Waals surface area contributed by atoms with E-state index in [0.717, 1.165) is 0 Å². The van der Waals surface area contributed by atoms with Crippen molar-refractivity contribution >= 4 is 11.9 Å². The molecule has 0 aliphatic rings. The lowest BCUT2D eigenvalue weighted by Gasteiger charge is -2.03. The fraction of sp³-hybridized carbons (Fsp3) is 0.400. The molecule has 0 bridgehead atoms. The first-order valence-corrected chi connectivity index (χ1v) is 4.64. The molecule has 1 aromatic heterocycles. The SMILES string of the molecule is Cc1ccc(C(=O)NCCCC(=O)[O-])o1. The van der Waals surface area contributed by atoms with E-state index in [4.69, 9.17) is 4.42 Å². The molecule has 1 rings (SSSR count). The third kappa shape index (κ3) is 3.84. The normalized spacial score (nSPS) is 9.93. The Morgan fingerprint density at radius 1 is 1.47 bits per heavy atom. The number of rotatable bonds is 5. The van der Waals surface area contributed by atoms with E-state index < -0.39 is 5.97 Å². The van der Waals surface area contributed by atoms with E-state index in [1.54, 1.807) is 19.1 Å². The number of aliphatic carboxylic acids is 1. The number of amides is 1. The Morgan fingerprint density at radius 2 is 2.20 bits per heavy atom. The Morgan fingerprint density at radius 3 is 2.73 bits per heavy atom. The van der Waals surface area contributed by atoms with Crippen LogP contribution in [-0.2, 0) is 4.79 Å². The molecule has 15 heavy (non-hydrogen) atoms. The van der Waals surface area contributed by atoms with E-state index in [2.05, 4.69) is 5.32 Å². The largest absolute Gasteiger partial charge is 0.550 e. The molecule has 82 valence electrons. The quantitative estimate of drug-likeness (QED) is 0.685. The summed E-state index contributed by atoms with van der Waals surface area (Å²) in [5, 5.41) is 12.6. The van der Waals surface area contributed by atoms with Gasteiger partial charge in [0.15, 0.2) is 5.76 Å². The van der Waals surface area contributed by atoms with Crippen LogP contribution in [0.2, 0.25) is 0 Å². The van der Waals surface area contributed by atoms with Crippen LogP contribution in [0.15, 0.2) is 16.5 Å². The summed E-state index contributed by atoms with van der Waals surface area (Å²) >= 11 is 0. The molecule has 1 aromatic rings. The van der Waals surface area contributed by atoms with E-state index in [1.165, 1.54) is 0 Å². The average molecular weight is 210 g/mol. The van der Waals surface area contributed by atoms with Gasteiger partial charge in [-0.2, -0.15) is 0 Å². The van der Waals surface area contributed by atoms with Crippen LogP contribution in [0.3, 0.4) is 0 Å². The fourth-order valence-corrected chi connectivity index (χ4v) is 1.08. The Hall–Kier alpha value is -1.78. The van der Waals surface area contributed by atoms with Gasteiger partial charge >= 0.3 is 0 Å². The highest BCUT2D eigenvalue weighted by Gasteiger charge is 2.08. The number of carboxylic acids is 1. The van der Waals surface area contributed by atoms with Crippen molar-refractivity contribution in [1.82, 2.24) is 5.32 Å². The van der Waals surface area contributed by atoms with Crippen molar-refractivity contribution in [2.45, 2.75) is 19.8 Å². The van der Waals surface area contributed by atoms with Gasteiger partial charge in [-0.3, -0.25) is 4.79 Å². The molecule has 0 spiro atoms. The molecule has 0 aliphatic heterocycles. The minimum atomic E-state index is -1.11. The number of hydrogen-bond donors (Lipinski definition) is 1. The van der Waals surface area contributed by atoms with Crippen LogP contribution in [0, 0.1) is 6.92 Å². The minimum Gasteiger partial charge on any atom is -0.550 e. The van der Waals surface area contributed by atoms with Crippen LogP contribution in [-0.4, -0.2) is 18.4 Å². The Bertz CT molecular complexity index is 356. The highest BCUT2D eigenvalue weighted by atomic mass is 16.4. The van der Waals surface area contributed by atoms with Crippen molar-refractivity contribution in [2.24, 2.45) is 0 Å². The smallest absolute Gasteiger partial charge is 0.286 e. The molecule has 0 aliphatic carbocycles. The van der Waals surface area contributed by atoms with Crippen molar-refractivity contribution in [3.8, 4) is 0 Å². The summed E-state index contributed by atoms with van der Waals surface area (Å²) in [6, 6.07) is 3.26. The van der Waals surface area contributed by atoms with E-state index in [0.29, 0.717) is 18.7 Å². The summed E-state index contributed by atoms with van der Waals surface area (Å²) in [7, 11) is 0. The summed E-state index contributed by atoms with van der Waals surface area (Å²) in [5.74, 6) is -0.546. The fourth-order valence-electron chi connectivity index (χ4n) is 1.08. The molecule has 5 heteroatoms. The van der Waals surface area contributed by atoms with Gasteiger partial charge in [0.1, 0.15) is 5.76 Å². The Balaban J connectivity index is 2.28. The van der Waals surface area contributed by atoms with Crippen molar-refractivity contribution in [3.63, 3.8) is 0 Å². The first-order chi connectivity index (χ1) is 7.09. The summed E-state index contributed by atoms with van der Waals surface area (Å²) in [6.45, 7) is 2.04. The molecule has 0 saturated carbocycles. The molecule has 0 fully saturated rings. The first kappa shape index (κ1) is 11.3. The number of carboxylic acid groups (broad SMARTS) is 1. The molecule has 0 radical (unpaired) electrons. The maximum absolute atomic E-state index is 11.3. The number of carbonyl (C=O) groups excluding carboxylic acids is 2. The van der Waals surface area contributed by atoms with Crippen LogP contribution in [0.5, 0.6) is 0 Å². The van der Waals surface area contributed by atoms with Gasteiger partial charge in [0.25, 0.3) is 5.91 Å². The summed E-state index contributed by atoms with van der Waals surface area (Å²) < 4.78 is 5.08. The van der Waals surface area contributed by atoms with E-state index in [-0.39, 0.29) is 18.1 Å². The second-order valence-electron chi connectivity index (χ2n) is 3.14. The standard InChI is InChI=1S/C10H13NO4/c1-7-4-5-8(15-7)10(14)11-6-2-3-9(12)13/h4-5H,2-3,6H2,1H3,(H,11,14)(H,12,13)/p-1. The molecule has 1 N–H and O–H groups in total. The summed E-state index contributed by atoms with van der Waals surface area (Å²) in [4.78, 5) is 21.4. The second kappa shape index (κ2) is 5.19. The second-order valence-corrected chi connectivity index (χ2v) is 3.14. The van der Waals surface area contributed by atoms with E-state index >= 15 is 0 Å². The molecule has 0 unspecified atom stereocenters. The van der Waals surface area contributed by atoms with Crippen molar-refractivity contribution in [2.75, 3.05) is 6.54 Å². The molecular weight excluding hydrogens is 198 g/mol. The van der Waals surface area contributed by atoms with Crippen LogP contribution < -0.4 is 10.4 Å². The highest BCUT2D eigenvalue weighted by molar-refractivity contribution is 5.91. The topological polar surface area (TPSA) is 82.4 Å². The van der Waals surface area contributed by atoms with Gasteiger partial charge in [-0.1, -0.05) is 0 Å². The third-order valence-electron chi connectivity index (χ3n) is 1.81. The third-order valence-corrected chi connectivity index (χ3v) is 1.81. The number of carbonyl (C=O) groups is 2. The van der Waals surface area contributed by atoms with Crippen LogP contribution >= 0.6 is 0 Å². The molecule has 0 aromatic carbocycles. The van der Waals surface area contributed by atoms with Crippen molar-refractivity contribution in [1.29, 1.82) is 0 Å². The van der Waals surface area contributed by atoms with Gasteiger partial charge < -0.3 is 19.6 Å². The average Bonchev–Trinajstić information content (AvgIpc) is 2.59. The van der Waals surface area contributed by atoms with Gasteiger partial charge in [0.2, 0.25) is 0 Å². The van der Waals surface area contributed by atoms with Gasteiger partial charge in [-0.05, 0) is 31.9 Å². The lowest BCUT2D eigenvalue weighted by molar-refractivity contribution is -0.305. The number of aryl methyl sites for hydroxylation is 1. The molecular formula is C10H12NO4-. The van der Waals surface area contributed by atoms with Gasteiger partial charge in [-0.15, -0.1) is 0 Å².